The zero-order valence-electron chi connectivity index (χ0n) is 10.3. The Morgan fingerprint density at radius 3 is 2.83 bits per heavy atom. The molecule has 0 bridgehead atoms. The Kier molecular flexibility index (Phi) is 5.06. The monoisotopic (exact) mass is 256 g/mol. The van der Waals surface area contributed by atoms with E-state index in [-0.39, 0.29) is 5.75 Å². The van der Waals surface area contributed by atoms with Gasteiger partial charge in [0.25, 0.3) is 0 Å². The summed E-state index contributed by atoms with van der Waals surface area (Å²) < 4.78 is 18.8. The fourth-order valence-corrected chi connectivity index (χ4v) is 1.50. The molecule has 6 heteroatoms. The van der Waals surface area contributed by atoms with Crippen LogP contribution >= 0.6 is 0 Å². The molecule has 1 amide bonds. The number of nitrogens with one attached hydrogen (secondary N) is 1. The minimum absolute atomic E-state index is 0.111. The number of nitrogens with two attached hydrogens (primary N) is 1. The second kappa shape index (κ2) is 6.32. The molecule has 0 aliphatic rings. The van der Waals surface area contributed by atoms with Crippen molar-refractivity contribution in [1.29, 1.82) is 0 Å². The predicted octanol–water partition coefficient (Wildman–Crippen LogP) is 0.331. The lowest BCUT2D eigenvalue weighted by Gasteiger charge is -2.18. The molecular weight excluding hydrogens is 239 g/mol. The fraction of sp³-hybridized carbons (Fsp3) is 0.417. The van der Waals surface area contributed by atoms with E-state index in [0.717, 1.165) is 0 Å². The standard InChI is InChI=1S/C12H17FN2O3/c1-7(15-12(17)9(14)6-16)8-4-3-5-10(18-2)11(8)13/h3-5,7,9,16H,6,14H2,1-2H3,(H,15,17)/t7-,9-/m1/s1. The first-order chi connectivity index (χ1) is 8.51. The van der Waals surface area contributed by atoms with Crippen molar-refractivity contribution in [3.05, 3.63) is 29.6 Å². The Balaban J connectivity index is 2.84. The van der Waals surface area contributed by atoms with Crippen molar-refractivity contribution in [3.63, 3.8) is 0 Å². The van der Waals surface area contributed by atoms with Gasteiger partial charge in [0, 0.05) is 5.56 Å². The number of halogens is 1. The van der Waals surface area contributed by atoms with Crippen molar-refractivity contribution in [3.8, 4) is 5.75 Å². The third-order valence-electron chi connectivity index (χ3n) is 2.57. The molecule has 1 rings (SSSR count). The zero-order valence-corrected chi connectivity index (χ0v) is 10.3. The molecule has 4 N–H and O–H groups in total. The van der Waals surface area contributed by atoms with Gasteiger partial charge in [0.1, 0.15) is 6.04 Å². The van der Waals surface area contributed by atoms with Crippen LogP contribution in [0.1, 0.15) is 18.5 Å². The van der Waals surface area contributed by atoms with Crippen LogP contribution in [-0.2, 0) is 4.79 Å². The highest BCUT2D eigenvalue weighted by molar-refractivity contribution is 5.82. The Morgan fingerprint density at radius 2 is 2.28 bits per heavy atom. The van der Waals surface area contributed by atoms with E-state index in [1.807, 2.05) is 0 Å². The number of hydrogen-bond donors (Lipinski definition) is 3. The normalized spacial score (nSPS) is 13.8. The van der Waals surface area contributed by atoms with Gasteiger partial charge < -0.3 is 20.9 Å². The molecule has 1 aromatic rings. The first-order valence-electron chi connectivity index (χ1n) is 5.50. The second-order valence-electron chi connectivity index (χ2n) is 3.88. The summed E-state index contributed by atoms with van der Waals surface area (Å²) in [5, 5.41) is 11.3. The Labute approximate surface area is 105 Å². The number of hydrogen-bond acceptors (Lipinski definition) is 4. The van der Waals surface area contributed by atoms with Crippen LogP contribution in [0.4, 0.5) is 4.39 Å². The Hall–Kier alpha value is -1.66. The molecule has 1 aromatic carbocycles. The summed E-state index contributed by atoms with van der Waals surface area (Å²) in [4.78, 5) is 11.5. The lowest BCUT2D eigenvalue weighted by atomic mass is 10.1. The quantitative estimate of drug-likeness (QED) is 0.709. The average molecular weight is 256 g/mol. The molecule has 0 fully saturated rings. The molecule has 18 heavy (non-hydrogen) atoms. The largest absolute Gasteiger partial charge is 0.494 e. The minimum atomic E-state index is -1.01. The topological polar surface area (TPSA) is 84.6 Å². The maximum atomic E-state index is 13.9. The molecule has 0 saturated carbocycles. The van der Waals surface area contributed by atoms with E-state index in [9.17, 15) is 9.18 Å². The second-order valence-corrected chi connectivity index (χ2v) is 3.88. The van der Waals surface area contributed by atoms with Crippen LogP contribution < -0.4 is 15.8 Å². The van der Waals surface area contributed by atoms with Crippen molar-refractivity contribution in [2.75, 3.05) is 13.7 Å². The smallest absolute Gasteiger partial charge is 0.239 e. The molecule has 0 unspecified atom stereocenters. The molecule has 2 atom stereocenters. The number of benzene rings is 1. The number of methoxy groups -OCH3 is 1. The van der Waals surface area contributed by atoms with Crippen molar-refractivity contribution in [2.45, 2.75) is 19.0 Å². The highest BCUT2D eigenvalue weighted by Crippen LogP contribution is 2.24. The molecule has 0 aliphatic carbocycles. The Bertz CT molecular complexity index is 426. The molecule has 0 radical (unpaired) electrons. The number of rotatable bonds is 5. The van der Waals surface area contributed by atoms with Crippen molar-refractivity contribution >= 4 is 5.91 Å². The summed E-state index contributed by atoms with van der Waals surface area (Å²) in [6, 6.07) is 3.10. The maximum absolute atomic E-state index is 13.9. The van der Waals surface area contributed by atoms with Gasteiger partial charge in [-0.25, -0.2) is 4.39 Å². The van der Waals surface area contributed by atoms with Gasteiger partial charge in [-0.2, -0.15) is 0 Å². The molecule has 100 valence electrons. The van der Waals surface area contributed by atoms with Crippen LogP contribution in [0, 0.1) is 5.82 Å². The van der Waals surface area contributed by atoms with Gasteiger partial charge in [-0.1, -0.05) is 12.1 Å². The maximum Gasteiger partial charge on any atom is 0.239 e. The van der Waals surface area contributed by atoms with E-state index in [0.29, 0.717) is 5.56 Å². The van der Waals surface area contributed by atoms with Crippen LogP contribution in [0.3, 0.4) is 0 Å². The van der Waals surface area contributed by atoms with E-state index >= 15 is 0 Å². The predicted molar refractivity (Wildman–Crippen MR) is 64.6 cm³/mol. The summed E-state index contributed by atoms with van der Waals surface area (Å²) >= 11 is 0. The summed E-state index contributed by atoms with van der Waals surface area (Å²) in [6.45, 7) is 1.17. The third-order valence-corrected chi connectivity index (χ3v) is 2.57. The summed E-state index contributed by atoms with van der Waals surface area (Å²) in [7, 11) is 1.37. The Morgan fingerprint density at radius 1 is 1.61 bits per heavy atom. The molecule has 0 spiro atoms. The van der Waals surface area contributed by atoms with Crippen LogP contribution in [0.2, 0.25) is 0 Å². The van der Waals surface area contributed by atoms with E-state index < -0.39 is 30.4 Å². The SMILES string of the molecule is COc1cccc([C@@H](C)NC(=O)[C@H](N)CO)c1F. The van der Waals surface area contributed by atoms with Gasteiger partial charge in [-0.15, -0.1) is 0 Å². The number of carbonyl (C=O) groups excluding carboxylic acids is 1. The van der Waals surface area contributed by atoms with Crippen molar-refractivity contribution in [2.24, 2.45) is 5.73 Å². The van der Waals surface area contributed by atoms with Gasteiger partial charge in [0.15, 0.2) is 11.6 Å². The molecule has 0 heterocycles. The van der Waals surface area contributed by atoms with Crippen LogP contribution in [0.25, 0.3) is 0 Å². The van der Waals surface area contributed by atoms with Crippen LogP contribution in [0.5, 0.6) is 5.75 Å². The van der Waals surface area contributed by atoms with Crippen LogP contribution in [-0.4, -0.2) is 30.8 Å². The number of aliphatic hydroxyl groups excluding tert-OH is 1. The number of ether oxygens (including phenoxy) is 1. The average Bonchev–Trinajstić information content (AvgIpc) is 2.37. The van der Waals surface area contributed by atoms with E-state index in [1.54, 1.807) is 19.1 Å². The van der Waals surface area contributed by atoms with Gasteiger partial charge in [0.05, 0.1) is 19.8 Å². The number of carbonyl (C=O) groups is 1. The lowest BCUT2D eigenvalue weighted by molar-refractivity contribution is -0.123. The number of amides is 1. The lowest BCUT2D eigenvalue weighted by Crippen LogP contribution is -2.43. The zero-order chi connectivity index (χ0) is 13.7. The highest BCUT2D eigenvalue weighted by atomic mass is 19.1. The molecule has 0 aliphatic heterocycles. The summed E-state index contributed by atoms with van der Waals surface area (Å²) in [5.74, 6) is -0.947. The van der Waals surface area contributed by atoms with Gasteiger partial charge in [0.2, 0.25) is 5.91 Å². The number of aliphatic hydroxyl groups is 1. The first kappa shape index (κ1) is 14.4. The van der Waals surface area contributed by atoms with Gasteiger partial charge in [-0.05, 0) is 13.0 Å². The van der Waals surface area contributed by atoms with E-state index in [4.69, 9.17) is 15.6 Å². The molecule has 0 saturated heterocycles. The van der Waals surface area contributed by atoms with Crippen molar-refractivity contribution in [1.82, 2.24) is 5.32 Å². The van der Waals surface area contributed by atoms with E-state index in [2.05, 4.69) is 5.32 Å². The van der Waals surface area contributed by atoms with Crippen LogP contribution in [0.15, 0.2) is 18.2 Å². The van der Waals surface area contributed by atoms with Gasteiger partial charge >= 0.3 is 0 Å². The summed E-state index contributed by atoms with van der Waals surface area (Å²) in [5.41, 5.74) is 5.66. The molecular formula is C12H17FN2O3. The summed E-state index contributed by atoms with van der Waals surface area (Å²) in [6.07, 6.45) is 0. The molecule has 0 aromatic heterocycles. The third kappa shape index (κ3) is 3.18. The van der Waals surface area contributed by atoms with E-state index in [1.165, 1.54) is 13.2 Å². The minimum Gasteiger partial charge on any atom is -0.494 e. The first-order valence-corrected chi connectivity index (χ1v) is 5.50. The fourth-order valence-electron chi connectivity index (χ4n) is 1.50. The molecule has 5 nitrogen and oxygen atoms in total. The highest BCUT2D eigenvalue weighted by Gasteiger charge is 2.19. The van der Waals surface area contributed by atoms with Gasteiger partial charge in [-0.3, -0.25) is 4.79 Å². The van der Waals surface area contributed by atoms with Crippen molar-refractivity contribution < 1.29 is 19.0 Å².